The summed E-state index contributed by atoms with van der Waals surface area (Å²) in [7, 11) is 1.97. The van der Waals surface area contributed by atoms with Crippen LogP contribution in [0.5, 0.6) is 0 Å². The number of hydrogen-bond acceptors (Lipinski definition) is 3. The van der Waals surface area contributed by atoms with Crippen LogP contribution < -0.4 is 0 Å². The average molecular weight is 232 g/mol. The van der Waals surface area contributed by atoms with Crippen molar-refractivity contribution >= 4 is 0 Å². The highest BCUT2D eigenvalue weighted by Crippen LogP contribution is 2.24. The second-order valence-electron chi connectivity index (χ2n) is 4.90. The first-order valence-electron chi connectivity index (χ1n) is 6.31. The van der Waals surface area contributed by atoms with Crippen molar-refractivity contribution in [1.29, 1.82) is 5.26 Å². The Balaban J connectivity index is 2.07. The third-order valence-electron chi connectivity index (χ3n) is 3.58. The van der Waals surface area contributed by atoms with Crippen LogP contribution in [0.25, 0.3) is 0 Å². The highest BCUT2D eigenvalue weighted by atomic mass is 15.3. The molecular weight excluding hydrogens is 212 g/mol. The fourth-order valence-electron chi connectivity index (χ4n) is 2.69. The third kappa shape index (κ3) is 2.86. The predicted octanol–water partition coefficient (Wildman–Crippen LogP) is 2.00. The van der Waals surface area contributed by atoms with Gasteiger partial charge in [0.05, 0.1) is 24.0 Å². The number of aromatic nitrogens is 2. The monoisotopic (exact) mass is 232 g/mol. The molecule has 0 spiro atoms. The second-order valence-corrected chi connectivity index (χ2v) is 4.90. The molecular formula is C13H20N4. The van der Waals surface area contributed by atoms with Gasteiger partial charge in [0, 0.05) is 19.6 Å². The lowest BCUT2D eigenvalue weighted by molar-refractivity contribution is 0.209. The zero-order valence-corrected chi connectivity index (χ0v) is 10.7. The van der Waals surface area contributed by atoms with Crippen LogP contribution in [0, 0.1) is 18.3 Å². The molecule has 1 fully saturated rings. The molecule has 4 heteroatoms. The Bertz CT molecular complexity index is 410. The molecule has 1 aromatic rings. The zero-order chi connectivity index (χ0) is 12.3. The number of hydrogen-bond donors (Lipinski definition) is 0. The maximum atomic E-state index is 8.94. The van der Waals surface area contributed by atoms with Gasteiger partial charge in [-0.15, -0.1) is 0 Å². The molecule has 1 aromatic heterocycles. The summed E-state index contributed by atoms with van der Waals surface area (Å²) >= 11 is 0. The van der Waals surface area contributed by atoms with Crippen molar-refractivity contribution in [1.82, 2.24) is 14.7 Å². The minimum atomic E-state index is 0.523. The van der Waals surface area contributed by atoms with E-state index in [9.17, 15) is 0 Å². The lowest BCUT2D eigenvalue weighted by Crippen LogP contribution is -2.33. The highest BCUT2D eigenvalue weighted by Gasteiger charge is 2.23. The van der Waals surface area contributed by atoms with Gasteiger partial charge >= 0.3 is 0 Å². The molecule has 0 N–H and O–H groups in total. The second kappa shape index (κ2) is 5.33. The van der Waals surface area contributed by atoms with Crippen molar-refractivity contribution in [2.24, 2.45) is 7.05 Å². The van der Waals surface area contributed by atoms with E-state index in [0.29, 0.717) is 12.6 Å². The highest BCUT2D eigenvalue weighted by molar-refractivity contribution is 5.09. The topological polar surface area (TPSA) is 44.9 Å². The average Bonchev–Trinajstić information content (AvgIpc) is 2.88. The van der Waals surface area contributed by atoms with Crippen LogP contribution in [0.4, 0.5) is 0 Å². The quantitative estimate of drug-likeness (QED) is 0.746. The van der Waals surface area contributed by atoms with Gasteiger partial charge in [0.25, 0.3) is 0 Å². The molecule has 0 aliphatic heterocycles. The van der Waals surface area contributed by atoms with Gasteiger partial charge in [-0.3, -0.25) is 9.58 Å². The first-order chi connectivity index (χ1) is 8.20. The van der Waals surface area contributed by atoms with Gasteiger partial charge in [-0.2, -0.15) is 10.4 Å². The normalized spacial score (nSPS) is 16.6. The molecule has 1 aliphatic rings. The van der Waals surface area contributed by atoms with Gasteiger partial charge < -0.3 is 0 Å². The summed E-state index contributed by atoms with van der Waals surface area (Å²) < 4.78 is 1.93. The van der Waals surface area contributed by atoms with Gasteiger partial charge in [0.1, 0.15) is 0 Å². The van der Waals surface area contributed by atoms with Gasteiger partial charge in [-0.05, 0) is 25.8 Å². The maximum absolute atomic E-state index is 8.94. The smallest absolute Gasteiger partial charge is 0.0871 e. The van der Waals surface area contributed by atoms with E-state index in [0.717, 1.165) is 12.2 Å². The fraction of sp³-hybridized carbons (Fsp3) is 0.692. The van der Waals surface area contributed by atoms with E-state index in [1.807, 2.05) is 18.7 Å². The molecule has 4 nitrogen and oxygen atoms in total. The van der Waals surface area contributed by atoms with E-state index in [1.165, 1.54) is 31.4 Å². The fourth-order valence-corrected chi connectivity index (χ4v) is 2.69. The minimum Gasteiger partial charge on any atom is -0.282 e. The Morgan fingerprint density at radius 3 is 2.76 bits per heavy atom. The Labute approximate surface area is 103 Å². The summed E-state index contributed by atoms with van der Waals surface area (Å²) in [6, 6.07) is 4.99. The van der Waals surface area contributed by atoms with Gasteiger partial charge in [0.15, 0.2) is 0 Å². The van der Waals surface area contributed by atoms with Crippen molar-refractivity contribution < 1.29 is 0 Å². The molecule has 0 unspecified atom stereocenters. The molecule has 0 saturated heterocycles. The van der Waals surface area contributed by atoms with E-state index in [4.69, 9.17) is 5.26 Å². The summed E-state index contributed by atoms with van der Waals surface area (Å²) in [4.78, 5) is 2.30. The molecule has 1 saturated carbocycles. The first kappa shape index (κ1) is 12.1. The van der Waals surface area contributed by atoms with Crippen molar-refractivity contribution in [3.05, 3.63) is 17.5 Å². The van der Waals surface area contributed by atoms with Crippen molar-refractivity contribution in [3.8, 4) is 6.07 Å². The summed E-state index contributed by atoms with van der Waals surface area (Å²) in [6.45, 7) is 3.37. The number of nitrogens with zero attached hydrogens (tertiary/aromatic N) is 4. The van der Waals surface area contributed by atoms with E-state index < -0.39 is 0 Å². The molecule has 0 amide bonds. The van der Waals surface area contributed by atoms with Crippen molar-refractivity contribution in [3.63, 3.8) is 0 Å². The van der Waals surface area contributed by atoms with E-state index >= 15 is 0 Å². The minimum absolute atomic E-state index is 0.523. The van der Waals surface area contributed by atoms with E-state index in [-0.39, 0.29) is 0 Å². The van der Waals surface area contributed by atoms with Crippen molar-refractivity contribution in [2.75, 3.05) is 6.54 Å². The van der Waals surface area contributed by atoms with Gasteiger partial charge in [-0.25, -0.2) is 0 Å². The lowest BCUT2D eigenvalue weighted by atomic mass is 10.2. The summed E-state index contributed by atoms with van der Waals surface area (Å²) in [5.41, 5.74) is 2.25. The standard InChI is InChI=1S/C13H20N4/c1-11-9-13(16(2)15-11)10-17(8-7-14)12-5-3-4-6-12/h9,12H,3-6,8,10H2,1-2H3. The summed E-state index contributed by atoms with van der Waals surface area (Å²) in [5.74, 6) is 0. The Hall–Kier alpha value is -1.34. The van der Waals surface area contributed by atoms with Crippen LogP contribution in [-0.2, 0) is 13.6 Å². The molecule has 92 valence electrons. The van der Waals surface area contributed by atoms with Crippen LogP contribution in [0.2, 0.25) is 0 Å². The number of rotatable bonds is 4. The Morgan fingerprint density at radius 2 is 2.24 bits per heavy atom. The van der Waals surface area contributed by atoms with Crippen LogP contribution in [0.3, 0.4) is 0 Å². The molecule has 0 radical (unpaired) electrons. The van der Waals surface area contributed by atoms with E-state index in [1.54, 1.807) is 0 Å². The Morgan fingerprint density at radius 1 is 1.53 bits per heavy atom. The number of aryl methyl sites for hydroxylation is 2. The van der Waals surface area contributed by atoms with Gasteiger partial charge in [-0.1, -0.05) is 12.8 Å². The van der Waals surface area contributed by atoms with Crippen molar-refractivity contribution in [2.45, 2.75) is 45.2 Å². The maximum Gasteiger partial charge on any atom is 0.0871 e. The molecule has 1 heterocycles. The number of nitriles is 1. The molecule has 1 aliphatic carbocycles. The Kier molecular flexibility index (Phi) is 3.80. The molecule has 0 bridgehead atoms. The van der Waals surface area contributed by atoms with Crippen LogP contribution in [0.1, 0.15) is 37.1 Å². The van der Waals surface area contributed by atoms with E-state index in [2.05, 4.69) is 22.1 Å². The molecule has 0 aromatic carbocycles. The summed E-state index contributed by atoms with van der Waals surface area (Å²) in [6.07, 6.45) is 5.07. The summed E-state index contributed by atoms with van der Waals surface area (Å²) in [5, 5.41) is 13.3. The predicted molar refractivity (Wildman–Crippen MR) is 66.2 cm³/mol. The lowest BCUT2D eigenvalue weighted by Gasteiger charge is -2.25. The zero-order valence-electron chi connectivity index (χ0n) is 10.7. The first-order valence-corrected chi connectivity index (χ1v) is 6.31. The van der Waals surface area contributed by atoms with Crippen LogP contribution in [-0.4, -0.2) is 27.3 Å². The molecule has 0 atom stereocenters. The van der Waals surface area contributed by atoms with Crippen LogP contribution >= 0.6 is 0 Å². The SMILES string of the molecule is Cc1cc(CN(CC#N)C2CCCC2)n(C)n1. The van der Waals surface area contributed by atoms with Gasteiger partial charge in [0.2, 0.25) is 0 Å². The van der Waals surface area contributed by atoms with Crippen LogP contribution in [0.15, 0.2) is 6.07 Å². The molecule has 2 rings (SSSR count). The molecule has 17 heavy (non-hydrogen) atoms. The third-order valence-corrected chi connectivity index (χ3v) is 3.58. The largest absolute Gasteiger partial charge is 0.282 e.